The topological polar surface area (TPSA) is 67.2 Å². The van der Waals surface area contributed by atoms with E-state index in [1.807, 2.05) is 41.1 Å². The van der Waals surface area contributed by atoms with Crippen LogP contribution in [0.5, 0.6) is 0 Å². The van der Waals surface area contributed by atoms with Crippen molar-refractivity contribution in [2.24, 2.45) is 0 Å². The smallest absolute Gasteiger partial charge is 0.230 e. The van der Waals surface area contributed by atoms with Crippen LogP contribution in [-0.4, -0.2) is 45.0 Å². The van der Waals surface area contributed by atoms with Crippen LogP contribution in [0.3, 0.4) is 0 Å². The summed E-state index contributed by atoms with van der Waals surface area (Å²) in [6.07, 6.45) is 5.21. The maximum Gasteiger partial charge on any atom is 0.230 e. The van der Waals surface area contributed by atoms with Gasteiger partial charge in [0.05, 0.1) is 28.8 Å². The average molecular weight is 511 g/mol. The first-order chi connectivity index (χ1) is 16.9. The lowest BCUT2D eigenvalue weighted by atomic mass is 9.94. The summed E-state index contributed by atoms with van der Waals surface area (Å²) in [5, 5.41) is 4.80. The van der Waals surface area contributed by atoms with Crippen LogP contribution in [0, 0.1) is 0 Å². The van der Waals surface area contributed by atoms with Crippen molar-refractivity contribution >= 4 is 55.9 Å². The maximum absolute atomic E-state index is 15.6. The number of pyridine rings is 1. The Morgan fingerprint density at radius 1 is 1.09 bits per heavy atom. The Labute approximate surface area is 210 Å². The van der Waals surface area contributed by atoms with Crippen molar-refractivity contribution in [2.45, 2.75) is 44.4 Å². The molecule has 2 aliphatic heterocycles. The van der Waals surface area contributed by atoms with Gasteiger partial charge in [-0.1, -0.05) is 11.6 Å². The maximum atomic E-state index is 15.6. The van der Waals surface area contributed by atoms with E-state index in [9.17, 15) is 9.59 Å². The number of hydrogen-bond donors (Lipinski definition) is 1. The van der Waals surface area contributed by atoms with Crippen LogP contribution in [0.1, 0.15) is 30.6 Å². The van der Waals surface area contributed by atoms with E-state index in [4.69, 9.17) is 11.6 Å². The van der Waals surface area contributed by atoms with Gasteiger partial charge in [-0.3, -0.25) is 19.5 Å². The van der Waals surface area contributed by atoms with Gasteiger partial charge in [0.1, 0.15) is 5.67 Å². The number of nitrogens with one attached hydrogen (secondary N) is 1. The SMILES string of the molecule is O=C1CCC(=O)N1Cc1cc2nccc(-c3cc(Cl)cc4ccn(CC5(F)CCNCC5)c34)c2s1. The van der Waals surface area contributed by atoms with Gasteiger partial charge in [-0.2, -0.15) is 0 Å². The number of carbonyl (C=O) groups excluding carboxylic acids is 2. The normalized spacial score (nSPS) is 18.3. The molecule has 2 fully saturated rings. The highest BCUT2D eigenvalue weighted by Gasteiger charge is 2.33. The monoisotopic (exact) mass is 510 g/mol. The van der Waals surface area contributed by atoms with E-state index in [-0.39, 0.29) is 37.7 Å². The van der Waals surface area contributed by atoms with Gasteiger partial charge in [0.25, 0.3) is 0 Å². The van der Waals surface area contributed by atoms with E-state index < -0.39 is 5.67 Å². The van der Waals surface area contributed by atoms with E-state index in [1.54, 1.807) is 6.20 Å². The van der Waals surface area contributed by atoms with Crippen molar-refractivity contribution in [3.8, 4) is 11.1 Å². The molecule has 3 aromatic heterocycles. The third-order valence-corrected chi connectivity index (χ3v) is 8.36. The lowest BCUT2D eigenvalue weighted by molar-refractivity contribution is -0.138. The highest BCUT2D eigenvalue weighted by Crippen LogP contribution is 2.40. The van der Waals surface area contributed by atoms with Gasteiger partial charge < -0.3 is 9.88 Å². The number of amides is 2. The molecule has 0 bridgehead atoms. The van der Waals surface area contributed by atoms with Gasteiger partial charge in [0.2, 0.25) is 11.8 Å². The summed E-state index contributed by atoms with van der Waals surface area (Å²) >= 11 is 8.04. The molecule has 0 unspecified atom stereocenters. The molecule has 4 aromatic rings. The van der Waals surface area contributed by atoms with Crippen LogP contribution in [0.15, 0.2) is 42.7 Å². The third kappa shape index (κ3) is 4.13. The van der Waals surface area contributed by atoms with Crippen molar-refractivity contribution < 1.29 is 14.0 Å². The molecular formula is C26H24ClFN4O2S. The molecule has 5 heterocycles. The quantitative estimate of drug-likeness (QED) is 0.369. The van der Waals surface area contributed by atoms with Crippen LogP contribution in [0.2, 0.25) is 5.02 Å². The fraction of sp³-hybridized carbons (Fsp3) is 0.346. The summed E-state index contributed by atoms with van der Waals surface area (Å²) in [5.74, 6) is -0.263. The minimum atomic E-state index is -1.26. The molecular weight excluding hydrogens is 487 g/mol. The number of imide groups is 1. The number of thiophene rings is 1. The molecule has 0 atom stereocenters. The van der Waals surface area contributed by atoms with Gasteiger partial charge in [0.15, 0.2) is 0 Å². The Morgan fingerprint density at radius 3 is 2.63 bits per heavy atom. The van der Waals surface area contributed by atoms with Crippen molar-refractivity contribution in [1.29, 1.82) is 0 Å². The minimum Gasteiger partial charge on any atom is -0.344 e. The van der Waals surface area contributed by atoms with Crippen molar-refractivity contribution in [3.05, 3.63) is 52.6 Å². The summed E-state index contributed by atoms with van der Waals surface area (Å²) in [6, 6.07) is 9.71. The number of benzene rings is 1. The van der Waals surface area contributed by atoms with Crippen LogP contribution in [0.25, 0.3) is 32.2 Å². The van der Waals surface area contributed by atoms with E-state index in [0.717, 1.165) is 37.1 Å². The predicted molar refractivity (Wildman–Crippen MR) is 136 cm³/mol. The largest absolute Gasteiger partial charge is 0.344 e. The number of likely N-dealkylation sites (tertiary alicyclic amines) is 1. The molecule has 180 valence electrons. The summed E-state index contributed by atoms with van der Waals surface area (Å²) in [7, 11) is 0. The Kier molecular flexibility index (Phi) is 5.62. The van der Waals surface area contributed by atoms with E-state index in [1.165, 1.54) is 16.2 Å². The second kappa shape index (κ2) is 8.69. The summed E-state index contributed by atoms with van der Waals surface area (Å²) < 4.78 is 18.6. The Balaban J connectivity index is 1.45. The van der Waals surface area contributed by atoms with Gasteiger partial charge in [-0.05, 0) is 56.3 Å². The van der Waals surface area contributed by atoms with Crippen LogP contribution >= 0.6 is 22.9 Å². The zero-order chi connectivity index (χ0) is 24.2. The first-order valence-electron chi connectivity index (χ1n) is 11.8. The molecule has 9 heteroatoms. The Morgan fingerprint density at radius 2 is 1.86 bits per heavy atom. The fourth-order valence-electron chi connectivity index (χ4n) is 5.22. The standard InChI is InChI=1S/C26H24ClFN4O2S/c27-17-11-16-4-10-31(15-26(28)5-8-29-9-6-26)24(16)20(12-17)19-3-7-30-21-13-18(35-25(19)21)14-32-22(33)1-2-23(32)34/h3-4,7,10-13,29H,1-2,5-6,8-9,14-15H2. The van der Waals surface area contributed by atoms with Crippen LogP contribution in [0.4, 0.5) is 4.39 Å². The highest BCUT2D eigenvalue weighted by molar-refractivity contribution is 7.19. The fourth-order valence-corrected chi connectivity index (χ4v) is 6.58. The van der Waals surface area contributed by atoms with Gasteiger partial charge >= 0.3 is 0 Å². The number of nitrogens with zero attached hydrogens (tertiary/aromatic N) is 3. The summed E-state index contributed by atoms with van der Waals surface area (Å²) in [6.45, 7) is 1.91. The molecule has 0 spiro atoms. The summed E-state index contributed by atoms with van der Waals surface area (Å²) in [4.78, 5) is 31.0. The van der Waals surface area contributed by atoms with Crippen LogP contribution < -0.4 is 5.32 Å². The highest BCUT2D eigenvalue weighted by atomic mass is 35.5. The molecule has 2 amide bonds. The summed E-state index contributed by atoms with van der Waals surface area (Å²) in [5.41, 5.74) is 2.36. The second-order valence-corrected chi connectivity index (χ2v) is 11.0. The molecule has 1 N–H and O–H groups in total. The second-order valence-electron chi connectivity index (χ2n) is 9.39. The first-order valence-corrected chi connectivity index (χ1v) is 13.0. The molecule has 35 heavy (non-hydrogen) atoms. The number of alkyl halides is 1. The van der Waals surface area contributed by atoms with E-state index in [0.29, 0.717) is 31.0 Å². The van der Waals surface area contributed by atoms with Crippen molar-refractivity contribution in [1.82, 2.24) is 19.8 Å². The molecule has 6 rings (SSSR count). The zero-order valence-electron chi connectivity index (χ0n) is 19.0. The number of fused-ring (bicyclic) bond motifs is 2. The van der Waals surface area contributed by atoms with Crippen LogP contribution in [-0.2, 0) is 22.7 Å². The van der Waals surface area contributed by atoms with E-state index >= 15 is 4.39 Å². The molecule has 2 saturated heterocycles. The number of rotatable bonds is 5. The molecule has 0 saturated carbocycles. The number of piperidine rings is 1. The average Bonchev–Trinajstić information content (AvgIpc) is 3.52. The van der Waals surface area contributed by atoms with Gasteiger partial charge in [-0.25, -0.2) is 4.39 Å². The number of carbonyl (C=O) groups is 2. The Hall–Kier alpha value is -2.81. The predicted octanol–water partition coefficient (Wildman–Crippen LogP) is 5.31. The molecule has 2 aliphatic rings. The molecule has 1 aromatic carbocycles. The first kappa shape index (κ1) is 22.6. The Bertz CT molecular complexity index is 1460. The zero-order valence-corrected chi connectivity index (χ0v) is 20.6. The molecule has 0 radical (unpaired) electrons. The van der Waals surface area contributed by atoms with Crippen molar-refractivity contribution in [2.75, 3.05) is 13.1 Å². The van der Waals surface area contributed by atoms with E-state index in [2.05, 4.69) is 10.3 Å². The number of hydrogen-bond acceptors (Lipinski definition) is 5. The lowest BCUT2D eigenvalue weighted by Crippen LogP contribution is -2.41. The number of halogens is 2. The molecule has 0 aliphatic carbocycles. The van der Waals surface area contributed by atoms with Gasteiger partial charge in [-0.15, -0.1) is 11.3 Å². The number of aromatic nitrogens is 2. The van der Waals surface area contributed by atoms with Gasteiger partial charge in [0, 0.05) is 51.6 Å². The molecule has 6 nitrogen and oxygen atoms in total. The lowest BCUT2D eigenvalue weighted by Gasteiger charge is -2.31. The minimum absolute atomic E-state index is 0.131. The third-order valence-electron chi connectivity index (χ3n) is 7.00. The van der Waals surface area contributed by atoms with Crippen molar-refractivity contribution in [3.63, 3.8) is 0 Å².